The van der Waals surface area contributed by atoms with Crippen molar-refractivity contribution in [3.05, 3.63) is 71.9 Å². The summed E-state index contributed by atoms with van der Waals surface area (Å²) in [6.07, 6.45) is 3.85. The third-order valence-electron chi connectivity index (χ3n) is 6.38. The van der Waals surface area contributed by atoms with E-state index in [1.165, 1.54) is 0 Å². The molecule has 0 saturated heterocycles. The summed E-state index contributed by atoms with van der Waals surface area (Å²) in [6.45, 7) is 0.0380. The van der Waals surface area contributed by atoms with Crippen molar-refractivity contribution in [2.45, 2.75) is 50.2 Å². The van der Waals surface area contributed by atoms with Gasteiger partial charge < -0.3 is 37.5 Å². The Morgan fingerprint density at radius 1 is 0.872 bits per heavy atom. The molecule has 3 amide bonds. The molecule has 3 unspecified atom stereocenters. The summed E-state index contributed by atoms with van der Waals surface area (Å²) in [5.74, 6) is -2.92. The predicted octanol–water partition coefficient (Wildman–Crippen LogP) is 0.580. The third-order valence-corrected chi connectivity index (χ3v) is 6.38. The minimum Gasteiger partial charge on any atom is -0.480 e. The van der Waals surface area contributed by atoms with Gasteiger partial charge in [0.25, 0.3) is 0 Å². The number of H-pyrrole nitrogens is 1. The zero-order valence-electron chi connectivity index (χ0n) is 21.7. The van der Waals surface area contributed by atoms with E-state index in [-0.39, 0.29) is 12.8 Å². The normalized spacial score (nSPS) is 13.3. The van der Waals surface area contributed by atoms with Gasteiger partial charge in [0.2, 0.25) is 17.7 Å². The number of nitrogens with two attached hydrogens (primary N) is 2. The number of nitrogens with one attached hydrogen (secondary N) is 4. The van der Waals surface area contributed by atoms with Crippen LogP contribution in [0, 0.1) is 0 Å². The first-order chi connectivity index (χ1) is 18.8. The van der Waals surface area contributed by atoms with Crippen LogP contribution in [-0.4, -0.2) is 65.0 Å². The molecule has 11 heteroatoms. The molecule has 9 N–H and O–H groups in total. The number of carboxylic acids is 1. The van der Waals surface area contributed by atoms with Crippen molar-refractivity contribution in [3.8, 4) is 0 Å². The molecule has 3 aromatic rings. The molecule has 0 radical (unpaired) electrons. The largest absolute Gasteiger partial charge is 0.480 e. The number of para-hydroxylation sites is 1. The quantitative estimate of drug-likeness (QED) is 0.138. The van der Waals surface area contributed by atoms with Gasteiger partial charge in [-0.2, -0.15) is 0 Å². The molecule has 0 aliphatic heterocycles. The number of unbranched alkanes of at least 4 members (excludes halogenated alkanes) is 1. The fourth-order valence-electron chi connectivity index (χ4n) is 4.23. The van der Waals surface area contributed by atoms with Crippen LogP contribution < -0.4 is 27.4 Å². The average Bonchev–Trinajstić information content (AvgIpc) is 3.34. The molecular weight excluding hydrogens is 500 g/mol. The van der Waals surface area contributed by atoms with Crippen molar-refractivity contribution < 1.29 is 24.3 Å². The van der Waals surface area contributed by atoms with Crippen molar-refractivity contribution in [2.75, 3.05) is 13.1 Å². The lowest BCUT2D eigenvalue weighted by molar-refractivity contribution is -0.141. The Morgan fingerprint density at radius 3 is 2.31 bits per heavy atom. The molecular formula is C28H36N6O5. The molecule has 1 heterocycles. The second-order valence-electron chi connectivity index (χ2n) is 9.38. The van der Waals surface area contributed by atoms with Gasteiger partial charge in [-0.3, -0.25) is 14.4 Å². The molecule has 0 bridgehead atoms. The van der Waals surface area contributed by atoms with E-state index in [1.54, 1.807) is 30.5 Å². The first-order valence-corrected chi connectivity index (χ1v) is 12.9. The van der Waals surface area contributed by atoms with E-state index >= 15 is 0 Å². The highest BCUT2D eigenvalue weighted by Crippen LogP contribution is 2.19. The zero-order chi connectivity index (χ0) is 28.2. The minimum absolute atomic E-state index is 0.0944. The molecule has 0 fully saturated rings. The molecule has 0 aliphatic carbocycles. The molecule has 3 atom stereocenters. The fraction of sp³-hybridized carbons (Fsp3) is 0.357. The highest BCUT2D eigenvalue weighted by Gasteiger charge is 2.26. The van der Waals surface area contributed by atoms with Crippen LogP contribution in [0.25, 0.3) is 10.9 Å². The Bertz CT molecular complexity index is 1260. The summed E-state index contributed by atoms with van der Waals surface area (Å²) in [5, 5.41) is 18.1. The lowest BCUT2D eigenvalue weighted by atomic mass is 10.0. The SMILES string of the molecule is NCCCCC(N)C(=O)NC(Cc1c[nH]c2ccccc12)C(=O)NCC(=O)NC(Cc1ccccc1)C(=O)O. The van der Waals surface area contributed by atoms with Crippen LogP contribution in [0.15, 0.2) is 60.8 Å². The lowest BCUT2D eigenvalue weighted by Gasteiger charge is -2.21. The van der Waals surface area contributed by atoms with E-state index in [2.05, 4.69) is 20.9 Å². The Kier molecular flexibility index (Phi) is 11.0. The van der Waals surface area contributed by atoms with Crippen LogP contribution in [0.4, 0.5) is 0 Å². The number of carboxylic acid groups (broad SMARTS) is 1. The van der Waals surface area contributed by atoms with Gasteiger partial charge in [-0.05, 0) is 36.6 Å². The lowest BCUT2D eigenvalue weighted by Crippen LogP contribution is -2.54. The van der Waals surface area contributed by atoms with Gasteiger partial charge in [0, 0.05) is 29.9 Å². The van der Waals surface area contributed by atoms with Crippen LogP contribution in [0.1, 0.15) is 30.4 Å². The fourth-order valence-corrected chi connectivity index (χ4v) is 4.23. The summed E-state index contributed by atoms with van der Waals surface area (Å²) in [6, 6.07) is 13.5. The van der Waals surface area contributed by atoms with Crippen LogP contribution in [0.5, 0.6) is 0 Å². The summed E-state index contributed by atoms with van der Waals surface area (Å²) in [4.78, 5) is 53.3. The molecule has 3 rings (SSSR count). The van der Waals surface area contributed by atoms with Gasteiger partial charge in [-0.1, -0.05) is 55.0 Å². The highest BCUT2D eigenvalue weighted by atomic mass is 16.4. The van der Waals surface area contributed by atoms with Gasteiger partial charge in [0.1, 0.15) is 12.1 Å². The van der Waals surface area contributed by atoms with Gasteiger partial charge in [-0.25, -0.2) is 4.79 Å². The molecule has 11 nitrogen and oxygen atoms in total. The van der Waals surface area contributed by atoms with Crippen molar-refractivity contribution in [1.82, 2.24) is 20.9 Å². The van der Waals surface area contributed by atoms with Crippen molar-refractivity contribution in [1.29, 1.82) is 0 Å². The average molecular weight is 537 g/mol. The summed E-state index contributed by atoms with van der Waals surface area (Å²) < 4.78 is 0. The van der Waals surface area contributed by atoms with E-state index in [1.807, 2.05) is 30.3 Å². The molecule has 0 spiro atoms. The zero-order valence-corrected chi connectivity index (χ0v) is 21.7. The maximum Gasteiger partial charge on any atom is 0.326 e. The van der Waals surface area contributed by atoms with E-state index in [0.717, 1.165) is 28.5 Å². The minimum atomic E-state index is -1.19. The van der Waals surface area contributed by atoms with E-state index in [4.69, 9.17) is 11.5 Å². The Morgan fingerprint density at radius 2 is 1.59 bits per heavy atom. The molecule has 0 saturated carbocycles. The summed E-state index contributed by atoms with van der Waals surface area (Å²) in [5.41, 5.74) is 14.0. The van der Waals surface area contributed by atoms with E-state index < -0.39 is 48.4 Å². The maximum absolute atomic E-state index is 13.1. The highest BCUT2D eigenvalue weighted by molar-refractivity contribution is 5.93. The molecule has 0 aliphatic rings. The monoisotopic (exact) mass is 536 g/mol. The van der Waals surface area contributed by atoms with Gasteiger partial charge in [0.15, 0.2) is 0 Å². The van der Waals surface area contributed by atoms with E-state index in [0.29, 0.717) is 19.4 Å². The first kappa shape index (κ1) is 29.3. The second kappa shape index (κ2) is 14.6. The molecule has 39 heavy (non-hydrogen) atoms. The Hall–Kier alpha value is -4.22. The number of amides is 3. The smallest absolute Gasteiger partial charge is 0.326 e. The number of benzene rings is 2. The van der Waals surface area contributed by atoms with Gasteiger partial charge in [0.05, 0.1) is 12.6 Å². The van der Waals surface area contributed by atoms with Crippen LogP contribution >= 0.6 is 0 Å². The predicted molar refractivity (Wildman–Crippen MR) is 148 cm³/mol. The third kappa shape index (κ3) is 8.94. The number of aromatic amines is 1. The van der Waals surface area contributed by atoms with Crippen molar-refractivity contribution >= 4 is 34.6 Å². The van der Waals surface area contributed by atoms with Gasteiger partial charge >= 0.3 is 5.97 Å². The van der Waals surface area contributed by atoms with Crippen LogP contribution in [0.3, 0.4) is 0 Å². The number of carbonyl (C=O) groups is 4. The van der Waals surface area contributed by atoms with Crippen LogP contribution in [0.2, 0.25) is 0 Å². The number of hydrogen-bond donors (Lipinski definition) is 7. The number of fused-ring (bicyclic) bond motifs is 1. The van der Waals surface area contributed by atoms with Crippen molar-refractivity contribution in [2.24, 2.45) is 11.5 Å². The number of rotatable bonds is 15. The topological polar surface area (TPSA) is 192 Å². The Balaban J connectivity index is 1.65. The number of aromatic nitrogens is 1. The second-order valence-corrected chi connectivity index (χ2v) is 9.38. The van der Waals surface area contributed by atoms with Crippen molar-refractivity contribution in [3.63, 3.8) is 0 Å². The van der Waals surface area contributed by atoms with Crippen LogP contribution in [-0.2, 0) is 32.0 Å². The number of hydrogen-bond acceptors (Lipinski definition) is 6. The molecule has 208 valence electrons. The van der Waals surface area contributed by atoms with Gasteiger partial charge in [-0.15, -0.1) is 0 Å². The first-order valence-electron chi connectivity index (χ1n) is 12.9. The maximum atomic E-state index is 13.1. The summed E-state index contributed by atoms with van der Waals surface area (Å²) in [7, 11) is 0. The number of aliphatic carboxylic acids is 1. The molecule has 1 aromatic heterocycles. The standard InChI is InChI=1S/C28H36N6O5/c29-13-7-6-11-21(30)26(36)34-23(15-19-16-31-22-12-5-4-10-20(19)22)27(37)32-17-25(35)33-24(28(38)39)14-18-8-2-1-3-9-18/h1-5,8-10,12,16,21,23-24,31H,6-7,11,13-15,17,29-30H2,(H,32,37)(H,33,35)(H,34,36)(H,38,39). The summed E-state index contributed by atoms with van der Waals surface area (Å²) >= 11 is 0. The Labute approximate surface area is 226 Å². The molecule has 2 aromatic carbocycles. The van der Waals surface area contributed by atoms with E-state index in [9.17, 15) is 24.3 Å². The number of carbonyl (C=O) groups excluding carboxylic acids is 3.